The number of thioether (sulfide) groups is 1. The predicted octanol–water partition coefficient (Wildman–Crippen LogP) is 5.09. The van der Waals surface area contributed by atoms with Gasteiger partial charge in [0, 0.05) is 17.7 Å². The summed E-state index contributed by atoms with van der Waals surface area (Å²) in [6.45, 7) is 2.81. The van der Waals surface area contributed by atoms with E-state index < -0.39 is 0 Å². The molecular formula is C22H19N3OS. The maximum atomic E-state index is 12.7. The van der Waals surface area contributed by atoms with Crippen molar-refractivity contribution in [2.75, 3.05) is 5.75 Å². The van der Waals surface area contributed by atoms with Crippen LogP contribution in [0.2, 0.25) is 0 Å². The van der Waals surface area contributed by atoms with Crippen molar-refractivity contribution >= 4 is 28.3 Å². The molecule has 0 radical (unpaired) electrons. The molecule has 0 aliphatic rings. The standard InChI is InChI=1S/C22H19N3OS/c1-2-25-21(17-9-4-3-5-10-17)23-24-22(25)27-15-20(26)19-13-12-16-8-6-7-11-18(16)14-19/h3-14H,2,15H2,1H3. The van der Waals surface area contributed by atoms with Crippen LogP contribution in [0.15, 0.2) is 78.0 Å². The van der Waals surface area contributed by atoms with Crippen molar-refractivity contribution in [1.82, 2.24) is 14.8 Å². The van der Waals surface area contributed by atoms with Gasteiger partial charge in [0.05, 0.1) is 5.75 Å². The zero-order chi connectivity index (χ0) is 18.6. The number of carbonyl (C=O) groups is 1. The smallest absolute Gasteiger partial charge is 0.191 e. The third-order valence-electron chi connectivity index (χ3n) is 4.47. The van der Waals surface area contributed by atoms with Crippen molar-refractivity contribution in [2.45, 2.75) is 18.6 Å². The molecule has 1 aromatic heterocycles. The molecule has 0 spiro atoms. The van der Waals surface area contributed by atoms with Crippen LogP contribution in [0.5, 0.6) is 0 Å². The number of nitrogens with zero attached hydrogens (tertiary/aromatic N) is 3. The minimum Gasteiger partial charge on any atom is -0.302 e. The van der Waals surface area contributed by atoms with Crippen molar-refractivity contribution in [2.24, 2.45) is 0 Å². The van der Waals surface area contributed by atoms with Gasteiger partial charge < -0.3 is 4.57 Å². The number of Topliss-reactive ketones (excluding diaryl/α,β-unsaturated/α-hetero) is 1. The van der Waals surface area contributed by atoms with Crippen LogP contribution in [0.25, 0.3) is 22.2 Å². The van der Waals surface area contributed by atoms with E-state index in [2.05, 4.69) is 17.1 Å². The van der Waals surface area contributed by atoms with E-state index in [0.717, 1.165) is 39.4 Å². The summed E-state index contributed by atoms with van der Waals surface area (Å²) in [6, 6.07) is 23.9. The molecule has 0 bridgehead atoms. The van der Waals surface area contributed by atoms with E-state index >= 15 is 0 Å². The van der Waals surface area contributed by atoms with E-state index in [4.69, 9.17) is 0 Å². The lowest BCUT2D eigenvalue weighted by Gasteiger charge is -2.07. The fourth-order valence-corrected chi connectivity index (χ4v) is 3.95. The molecule has 0 saturated heterocycles. The molecule has 0 aliphatic carbocycles. The van der Waals surface area contributed by atoms with E-state index in [1.165, 1.54) is 11.8 Å². The summed E-state index contributed by atoms with van der Waals surface area (Å²) in [5, 5.41) is 11.6. The van der Waals surface area contributed by atoms with Crippen LogP contribution < -0.4 is 0 Å². The second kappa shape index (κ2) is 7.76. The van der Waals surface area contributed by atoms with Gasteiger partial charge in [-0.25, -0.2) is 0 Å². The quantitative estimate of drug-likeness (QED) is 0.349. The first kappa shape index (κ1) is 17.5. The molecule has 4 rings (SSSR count). The van der Waals surface area contributed by atoms with Crippen LogP contribution in [0.3, 0.4) is 0 Å². The zero-order valence-corrected chi connectivity index (χ0v) is 15.8. The Morgan fingerprint density at radius 2 is 1.67 bits per heavy atom. The molecule has 3 aromatic carbocycles. The van der Waals surface area contributed by atoms with Crippen LogP contribution >= 0.6 is 11.8 Å². The highest BCUT2D eigenvalue weighted by Crippen LogP contribution is 2.25. The Kier molecular flexibility index (Phi) is 5.03. The first-order chi connectivity index (χ1) is 13.3. The summed E-state index contributed by atoms with van der Waals surface area (Å²) >= 11 is 1.44. The SMILES string of the molecule is CCn1c(SCC(=O)c2ccc3ccccc3c2)nnc1-c1ccccc1. The third-order valence-corrected chi connectivity index (χ3v) is 5.44. The molecule has 0 fully saturated rings. The molecule has 0 aliphatic heterocycles. The molecule has 0 N–H and O–H groups in total. The van der Waals surface area contributed by atoms with Crippen LogP contribution in [-0.4, -0.2) is 26.3 Å². The number of rotatable bonds is 6. The Morgan fingerprint density at radius 3 is 2.44 bits per heavy atom. The summed E-state index contributed by atoms with van der Waals surface area (Å²) in [4.78, 5) is 12.7. The molecule has 0 atom stereocenters. The lowest BCUT2D eigenvalue weighted by Crippen LogP contribution is -2.05. The van der Waals surface area contributed by atoms with Gasteiger partial charge in [-0.15, -0.1) is 10.2 Å². The Labute approximate surface area is 162 Å². The number of ketones is 1. The molecule has 5 heteroatoms. The first-order valence-electron chi connectivity index (χ1n) is 8.89. The largest absolute Gasteiger partial charge is 0.302 e. The number of fused-ring (bicyclic) bond motifs is 1. The van der Waals surface area contributed by atoms with Gasteiger partial charge in [-0.1, -0.05) is 78.5 Å². The number of benzene rings is 3. The van der Waals surface area contributed by atoms with E-state index in [1.807, 2.05) is 77.4 Å². The molecule has 134 valence electrons. The molecule has 0 unspecified atom stereocenters. The number of aromatic nitrogens is 3. The van der Waals surface area contributed by atoms with Crippen LogP contribution in [-0.2, 0) is 6.54 Å². The van der Waals surface area contributed by atoms with Crippen LogP contribution in [0.4, 0.5) is 0 Å². The van der Waals surface area contributed by atoms with Crippen molar-refractivity contribution in [1.29, 1.82) is 0 Å². The second-order valence-electron chi connectivity index (χ2n) is 6.19. The van der Waals surface area contributed by atoms with E-state index in [-0.39, 0.29) is 5.78 Å². The maximum absolute atomic E-state index is 12.7. The highest BCUT2D eigenvalue weighted by molar-refractivity contribution is 7.99. The van der Waals surface area contributed by atoms with Gasteiger partial charge in [0.15, 0.2) is 16.8 Å². The fraction of sp³-hybridized carbons (Fsp3) is 0.136. The molecule has 1 heterocycles. The summed E-state index contributed by atoms with van der Waals surface area (Å²) < 4.78 is 2.05. The van der Waals surface area contributed by atoms with Crippen LogP contribution in [0.1, 0.15) is 17.3 Å². The van der Waals surface area contributed by atoms with Gasteiger partial charge >= 0.3 is 0 Å². The first-order valence-corrected chi connectivity index (χ1v) is 9.88. The number of carbonyl (C=O) groups excluding carboxylic acids is 1. The van der Waals surface area contributed by atoms with Gasteiger partial charge in [-0.2, -0.15) is 0 Å². The molecule has 4 nitrogen and oxygen atoms in total. The predicted molar refractivity (Wildman–Crippen MR) is 110 cm³/mol. The van der Waals surface area contributed by atoms with Crippen LogP contribution in [0, 0.1) is 0 Å². The van der Waals surface area contributed by atoms with Gasteiger partial charge in [-0.05, 0) is 23.8 Å². The average Bonchev–Trinajstić information content (AvgIpc) is 3.15. The average molecular weight is 373 g/mol. The van der Waals surface area contributed by atoms with Crippen molar-refractivity contribution < 1.29 is 4.79 Å². The minimum absolute atomic E-state index is 0.0951. The van der Waals surface area contributed by atoms with Crippen molar-refractivity contribution in [3.05, 3.63) is 78.4 Å². The molecule has 4 aromatic rings. The normalized spacial score (nSPS) is 11.0. The van der Waals surface area contributed by atoms with Gasteiger partial charge in [0.2, 0.25) is 0 Å². The Balaban J connectivity index is 1.52. The Morgan fingerprint density at radius 1 is 0.926 bits per heavy atom. The number of hydrogen-bond donors (Lipinski definition) is 0. The molecular weight excluding hydrogens is 354 g/mol. The zero-order valence-electron chi connectivity index (χ0n) is 15.0. The Bertz CT molecular complexity index is 1090. The lowest BCUT2D eigenvalue weighted by atomic mass is 10.1. The van der Waals surface area contributed by atoms with Crippen molar-refractivity contribution in [3.8, 4) is 11.4 Å². The second-order valence-corrected chi connectivity index (χ2v) is 7.13. The summed E-state index contributed by atoms with van der Waals surface area (Å²) in [5.74, 6) is 1.27. The van der Waals surface area contributed by atoms with Crippen molar-refractivity contribution in [3.63, 3.8) is 0 Å². The van der Waals surface area contributed by atoms with Gasteiger partial charge in [0.1, 0.15) is 0 Å². The summed E-state index contributed by atoms with van der Waals surface area (Å²) in [7, 11) is 0. The molecule has 27 heavy (non-hydrogen) atoms. The van der Waals surface area contributed by atoms with Gasteiger partial charge in [-0.3, -0.25) is 4.79 Å². The maximum Gasteiger partial charge on any atom is 0.191 e. The van der Waals surface area contributed by atoms with E-state index in [0.29, 0.717) is 5.75 Å². The summed E-state index contributed by atoms with van der Waals surface area (Å²) in [5.41, 5.74) is 1.76. The molecule has 0 amide bonds. The topological polar surface area (TPSA) is 47.8 Å². The lowest BCUT2D eigenvalue weighted by molar-refractivity contribution is 0.102. The van der Waals surface area contributed by atoms with E-state index in [9.17, 15) is 4.79 Å². The Hall–Kier alpha value is -2.92. The number of hydrogen-bond acceptors (Lipinski definition) is 4. The molecule has 0 saturated carbocycles. The monoisotopic (exact) mass is 373 g/mol. The summed E-state index contributed by atoms with van der Waals surface area (Å²) in [6.07, 6.45) is 0. The highest BCUT2D eigenvalue weighted by Gasteiger charge is 2.15. The third kappa shape index (κ3) is 3.64. The van der Waals surface area contributed by atoms with Gasteiger partial charge in [0.25, 0.3) is 0 Å². The fourth-order valence-electron chi connectivity index (χ4n) is 3.06. The highest BCUT2D eigenvalue weighted by atomic mass is 32.2. The minimum atomic E-state index is 0.0951. The van der Waals surface area contributed by atoms with E-state index in [1.54, 1.807) is 0 Å².